The van der Waals surface area contributed by atoms with E-state index in [1.807, 2.05) is 24.3 Å². The molecule has 0 radical (unpaired) electrons. The van der Waals surface area contributed by atoms with Gasteiger partial charge < -0.3 is 19.9 Å². The van der Waals surface area contributed by atoms with E-state index in [-0.39, 0.29) is 42.3 Å². The second-order valence-electron chi connectivity index (χ2n) is 11.8. The molecule has 1 aliphatic carbocycles. The van der Waals surface area contributed by atoms with Crippen LogP contribution in [-0.2, 0) is 36.2 Å². The van der Waals surface area contributed by atoms with E-state index in [9.17, 15) is 23.2 Å². The van der Waals surface area contributed by atoms with Crippen LogP contribution in [0.5, 0.6) is 5.75 Å². The third-order valence-electron chi connectivity index (χ3n) is 9.33. The number of aryl methyl sites for hydroxylation is 1. The Bertz CT molecular complexity index is 1630. The summed E-state index contributed by atoms with van der Waals surface area (Å²) in [6.45, 7) is 0.737. The maximum atomic E-state index is 14.5. The predicted octanol–water partition coefficient (Wildman–Crippen LogP) is 4.73. The highest BCUT2D eigenvalue weighted by molar-refractivity contribution is 9.10. The molecule has 3 amide bonds. The van der Waals surface area contributed by atoms with E-state index in [0.29, 0.717) is 49.2 Å². The summed E-state index contributed by atoms with van der Waals surface area (Å²) in [5, 5.41) is 10.4. The number of ether oxygens (including phenoxy) is 1. The number of halogens is 3. The van der Waals surface area contributed by atoms with Crippen LogP contribution >= 0.6 is 15.9 Å². The van der Waals surface area contributed by atoms with Gasteiger partial charge in [0.05, 0.1) is 6.04 Å². The van der Waals surface area contributed by atoms with Gasteiger partial charge in [0.2, 0.25) is 11.8 Å². The summed E-state index contributed by atoms with van der Waals surface area (Å²) in [5.74, 6) is -0.889. The van der Waals surface area contributed by atoms with Crippen LogP contribution in [0.3, 0.4) is 0 Å². The number of benzene rings is 2. The molecule has 0 spiro atoms. The largest absolute Gasteiger partial charge is 0.487 e. The summed E-state index contributed by atoms with van der Waals surface area (Å²) in [6, 6.07) is 10.4. The average molecular weight is 686 g/mol. The van der Waals surface area contributed by atoms with E-state index in [2.05, 4.69) is 31.6 Å². The second-order valence-corrected chi connectivity index (χ2v) is 12.7. The van der Waals surface area contributed by atoms with Crippen molar-refractivity contribution in [3.05, 3.63) is 74.5 Å². The molecule has 1 N–H and O–H groups in total. The van der Waals surface area contributed by atoms with Gasteiger partial charge in [-0.25, -0.2) is 13.5 Å². The van der Waals surface area contributed by atoms with Crippen molar-refractivity contribution in [3.8, 4) is 5.75 Å². The van der Waals surface area contributed by atoms with Crippen LogP contribution in [0.2, 0.25) is 0 Å². The number of carbonyl (C=O) groups excluding carboxylic acids is 3. The van der Waals surface area contributed by atoms with Crippen molar-refractivity contribution in [1.29, 1.82) is 0 Å². The molecular formula is C32H35BrF2N6O4. The van der Waals surface area contributed by atoms with Gasteiger partial charge in [-0.15, -0.1) is 5.10 Å². The monoisotopic (exact) mass is 684 g/mol. The molecule has 3 atom stereocenters. The maximum Gasteiger partial charge on any atom is 0.282 e. The molecule has 6 rings (SSSR count). The van der Waals surface area contributed by atoms with Crippen LogP contribution in [0.25, 0.3) is 0 Å². The Labute approximate surface area is 268 Å². The number of nitrogens with one attached hydrogen (secondary N) is 1. The van der Waals surface area contributed by atoms with Gasteiger partial charge in [-0.2, -0.15) is 0 Å². The molecule has 238 valence electrons. The Balaban J connectivity index is 1.38. The van der Waals surface area contributed by atoms with Crippen molar-refractivity contribution >= 4 is 33.7 Å². The van der Waals surface area contributed by atoms with Gasteiger partial charge in [0, 0.05) is 61.2 Å². The fourth-order valence-electron chi connectivity index (χ4n) is 7.09. The highest BCUT2D eigenvalue weighted by Gasteiger charge is 2.43. The first-order valence-corrected chi connectivity index (χ1v) is 16.0. The molecular weight excluding hydrogens is 650 g/mol. The molecule has 3 aromatic rings. The van der Waals surface area contributed by atoms with E-state index >= 15 is 0 Å². The van der Waals surface area contributed by atoms with Gasteiger partial charge in [-0.3, -0.25) is 14.4 Å². The minimum Gasteiger partial charge on any atom is -0.487 e. The number of alkyl halides is 2. The molecule has 2 aromatic carbocycles. The van der Waals surface area contributed by atoms with Crippen molar-refractivity contribution in [3.63, 3.8) is 0 Å². The number of amides is 3. The predicted molar refractivity (Wildman–Crippen MR) is 163 cm³/mol. The van der Waals surface area contributed by atoms with Crippen molar-refractivity contribution in [1.82, 2.24) is 30.1 Å². The quantitative estimate of drug-likeness (QED) is 0.368. The molecule has 2 aliphatic heterocycles. The minimum atomic E-state index is -2.78. The van der Waals surface area contributed by atoms with E-state index in [0.717, 1.165) is 33.1 Å². The van der Waals surface area contributed by atoms with Crippen LogP contribution in [0.4, 0.5) is 8.78 Å². The van der Waals surface area contributed by atoms with Crippen molar-refractivity contribution in [2.45, 2.75) is 57.7 Å². The number of aromatic nitrogens is 3. The highest BCUT2D eigenvalue weighted by Crippen LogP contribution is 2.44. The third kappa shape index (κ3) is 5.82. The van der Waals surface area contributed by atoms with Gasteiger partial charge in [-0.1, -0.05) is 52.2 Å². The topological polar surface area (TPSA) is 110 Å². The zero-order chi connectivity index (χ0) is 31.8. The normalized spacial score (nSPS) is 21.1. The molecule has 10 nitrogen and oxygen atoms in total. The molecule has 1 saturated carbocycles. The Morgan fingerprint density at radius 3 is 2.62 bits per heavy atom. The number of nitrogens with zero attached hydrogens (tertiary/aromatic N) is 5. The summed E-state index contributed by atoms with van der Waals surface area (Å²) in [7, 11) is 2.99. The smallest absolute Gasteiger partial charge is 0.282 e. The average Bonchev–Trinajstić information content (AvgIpc) is 3.58. The highest BCUT2D eigenvalue weighted by atomic mass is 79.9. The lowest BCUT2D eigenvalue weighted by Crippen LogP contribution is -2.50. The van der Waals surface area contributed by atoms with Crippen LogP contribution in [0.15, 0.2) is 40.9 Å². The number of hydrogen-bond donors (Lipinski definition) is 1. The maximum absolute atomic E-state index is 14.5. The van der Waals surface area contributed by atoms with Crippen LogP contribution in [-0.4, -0.2) is 62.7 Å². The number of carbonyl (C=O) groups is 3. The summed E-state index contributed by atoms with van der Waals surface area (Å²) >= 11 is 3.68. The zero-order valence-electron chi connectivity index (χ0n) is 25.1. The second kappa shape index (κ2) is 12.9. The lowest BCUT2D eigenvalue weighted by atomic mass is 9.77. The van der Waals surface area contributed by atoms with Crippen molar-refractivity contribution < 1.29 is 27.9 Å². The van der Waals surface area contributed by atoms with E-state index in [1.54, 1.807) is 29.0 Å². The van der Waals surface area contributed by atoms with E-state index < -0.39 is 24.3 Å². The fraction of sp³-hybridized carbons (Fsp3) is 0.469. The molecule has 45 heavy (non-hydrogen) atoms. The van der Waals surface area contributed by atoms with Gasteiger partial charge >= 0.3 is 0 Å². The summed E-state index contributed by atoms with van der Waals surface area (Å²) in [5.41, 5.74) is 2.87. The van der Waals surface area contributed by atoms with Gasteiger partial charge in [-0.05, 0) is 48.6 Å². The lowest BCUT2D eigenvalue weighted by Gasteiger charge is -2.43. The Hall–Kier alpha value is -3.87. The first-order valence-electron chi connectivity index (χ1n) is 15.2. The molecule has 1 fully saturated rings. The summed E-state index contributed by atoms with van der Waals surface area (Å²) in [4.78, 5) is 44.4. The molecule has 0 saturated heterocycles. The van der Waals surface area contributed by atoms with Crippen molar-refractivity contribution in [2.75, 3.05) is 20.1 Å². The molecule has 3 heterocycles. The number of hydrogen-bond acceptors (Lipinski definition) is 6. The number of fused-ring (bicyclic) bond motifs is 2. The Morgan fingerprint density at radius 2 is 1.89 bits per heavy atom. The van der Waals surface area contributed by atoms with E-state index in [4.69, 9.17) is 4.74 Å². The van der Waals surface area contributed by atoms with Gasteiger partial charge in [0.15, 0.2) is 0 Å². The first kappa shape index (κ1) is 31.1. The standard InChI is InChI=1S/C32H35BrF2N6O4/c1-36-30(42)20-9-5-6-10-21(20)32(44)41-14-13-22-23(33)11-12-26(45-17-24-28(29(34)35)39(2)38-37-24)27(22)25(41)16-40-15-18-7-3-4-8-19(18)31(40)43/h3-4,7-8,11-12,20-21,25,29H,5-6,9-10,13-17H2,1-2H3,(H,36,42)/t20-,21+,25+/m0/s1. The summed E-state index contributed by atoms with van der Waals surface area (Å²) < 4.78 is 35.6. The Morgan fingerprint density at radius 1 is 1.13 bits per heavy atom. The Kier molecular flexibility index (Phi) is 8.89. The van der Waals surface area contributed by atoms with Gasteiger partial charge in [0.25, 0.3) is 12.3 Å². The summed E-state index contributed by atoms with van der Waals surface area (Å²) in [6.07, 6.45) is 0.692. The van der Waals surface area contributed by atoms with Crippen LogP contribution in [0.1, 0.15) is 76.6 Å². The van der Waals surface area contributed by atoms with Crippen molar-refractivity contribution in [2.24, 2.45) is 18.9 Å². The van der Waals surface area contributed by atoms with Crippen LogP contribution in [0, 0.1) is 11.8 Å². The van der Waals surface area contributed by atoms with Crippen LogP contribution < -0.4 is 10.1 Å². The zero-order valence-corrected chi connectivity index (χ0v) is 26.7. The molecule has 13 heteroatoms. The third-order valence-corrected chi connectivity index (χ3v) is 10.1. The first-order chi connectivity index (χ1) is 21.7. The fourth-order valence-corrected chi connectivity index (χ4v) is 7.64. The minimum absolute atomic E-state index is 0.0188. The molecule has 0 bridgehead atoms. The number of rotatable bonds is 8. The molecule has 1 aromatic heterocycles. The molecule has 3 aliphatic rings. The molecule has 0 unspecified atom stereocenters. The van der Waals surface area contributed by atoms with Gasteiger partial charge in [0.1, 0.15) is 23.7 Å². The van der Waals surface area contributed by atoms with E-state index in [1.165, 1.54) is 7.05 Å². The SMILES string of the molecule is CNC(=O)[C@H]1CCCC[C@H]1C(=O)N1CCc2c(Br)ccc(OCc3nnn(C)c3C(F)F)c2[C@H]1CN1Cc2ccccc2C1=O. The lowest BCUT2D eigenvalue weighted by molar-refractivity contribution is -0.146.